The number of benzene rings is 8. The molecular weight excluding hydrogens is 701 g/mol. The predicted octanol–water partition coefficient (Wildman–Crippen LogP) is 13.7. The van der Waals surface area contributed by atoms with Crippen LogP contribution in [0.3, 0.4) is 0 Å². The molecule has 0 spiro atoms. The Balaban J connectivity index is 0.994. The van der Waals surface area contributed by atoms with Crippen molar-refractivity contribution in [2.45, 2.75) is 0 Å². The van der Waals surface area contributed by atoms with Gasteiger partial charge in [-0.3, -0.25) is 4.57 Å². The zero-order chi connectivity index (χ0) is 37.0. The third-order valence-electron chi connectivity index (χ3n) is 10.7. The van der Waals surface area contributed by atoms with Crippen molar-refractivity contribution in [1.29, 1.82) is 0 Å². The SMILES string of the molecule is c1ccc(-c2nc(-c3ccc(-c4cccc(-c5cccc6c5sc5c(-c7ccccc7)cccc56)c4)cc3)nc(-n3c4ccccc4c4ccccc43)n2)cc1. The summed E-state index contributed by atoms with van der Waals surface area (Å²) in [5, 5.41) is 4.93. The van der Waals surface area contributed by atoms with Crippen LogP contribution < -0.4 is 0 Å². The highest BCUT2D eigenvalue weighted by molar-refractivity contribution is 7.26. The molecule has 0 saturated carbocycles. The van der Waals surface area contributed by atoms with Crippen LogP contribution >= 0.6 is 11.3 Å². The van der Waals surface area contributed by atoms with E-state index < -0.39 is 0 Å². The van der Waals surface area contributed by atoms with Gasteiger partial charge in [-0.15, -0.1) is 11.3 Å². The lowest BCUT2D eigenvalue weighted by molar-refractivity contribution is 0.953. The monoisotopic (exact) mass is 732 g/mol. The van der Waals surface area contributed by atoms with Gasteiger partial charge in [-0.2, -0.15) is 9.97 Å². The quantitative estimate of drug-likeness (QED) is 0.171. The highest BCUT2D eigenvalue weighted by Crippen LogP contribution is 2.44. The molecule has 0 amide bonds. The minimum atomic E-state index is 0.592. The van der Waals surface area contributed by atoms with Gasteiger partial charge in [0.05, 0.1) is 11.0 Å². The molecule has 3 heterocycles. The first-order valence-corrected chi connectivity index (χ1v) is 19.6. The van der Waals surface area contributed by atoms with Crippen LogP contribution in [0.15, 0.2) is 194 Å². The van der Waals surface area contributed by atoms with E-state index in [1.54, 1.807) is 0 Å². The minimum absolute atomic E-state index is 0.592. The number of para-hydroxylation sites is 2. The van der Waals surface area contributed by atoms with Gasteiger partial charge in [0.2, 0.25) is 5.95 Å². The summed E-state index contributed by atoms with van der Waals surface area (Å²) in [4.78, 5) is 15.3. The fraction of sp³-hybridized carbons (Fsp3) is 0. The molecule has 0 unspecified atom stereocenters. The van der Waals surface area contributed by atoms with Gasteiger partial charge in [0.25, 0.3) is 0 Å². The van der Waals surface area contributed by atoms with Gasteiger partial charge in [0.1, 0.15) is 0 Å². The van der Waals surface area contributed by atoms with Crippen LogP contribution in [0.1, 0.15) is 0 Å². The van der Waals surface area contributed by atoms with Crippen molar-refractivity contribution in [3.63, 3.8) is 0 Å². The number of rotatable bonds is 6. The summed E-state index contributed by atoms with van der Waals surface area (Å²) >= 11 is 1.89. The average molecular weight is 733 g/mol. The van der Waals surface area contributed by atoms with Crippen LogP contribution in [0.5, 0.6) is 0 Å². The van der Waals surface area contributed by atoms with E-state index in [0.717, 1.165) is 33.3 Å². The van der Waals surface area contributed by atoms with E-state index in [4.69, 9.17) is 15.0 Å². The zero-order valence-corrected chi connectivity index (χ0v) is 31.0. The molecule has 0 fully saturated rings. The topological polar surface area (TPSA) is 43.6 Å². The first kappa shape index (κ1) is 32.2. The number of thiophene rings is 1. The molecule has 0 bridgehead atoms. The van der Waals surface area contributed by atoms with Crippen LogP contribution in [0, 0.1) is 0 Å². The van der Waals surface area contributed by atoms with E-state index in [1.165, 1.54) is 53.2 Å². The molecule has 262 valence electrons. The normalized spacial score (nSPS) is 11.6. The lowest BCUT2D eigenvalue weighted by Gasteiger charge is -2.11. The highest BCUT2D eigenvalue weighted by atomic mass is 32.1. The second-order valence-corrected chi connectivity index (χ2v) is 15.0. The van der Waals surface area contributed by atoms with E-state index in [1.807, 2.05) is 41.7 Å². The van der Waals surface area contributed by atoms with Gasteiger partial charge in [-0.1, -0.05) is 176 Å². The zero-order valence-electron chi connectivity index (χ0n) is 30.2. The predicted molar refractivity (Wildman–Crippen MR) is 234 cm³/mol. The van der Waals surface area contributed by atoms with Gasteiger partial charge < -0.3 is 0 Å². The maximum absolute atomic E-state index is 5.14. The molecule has 0 aliphatic rings. The van der Waals surface area contributed by atoms with Crippen LogP contribution in [-0.2, 0) is 0 Å². The van der Waals surface area contributed by atoms with Gasteiger partial charge >= 0.3 is 0 Å². The minimum Gasteiger partial charge on any atom is -0.278 e. The molecule has 56 heavy (non-hydrogen) atoms. The molecule has 11 aromatic rings. The third kappa shape index (κ3) is 5.40. The van der Waals surface area contributed by atoms with Crippen molar-refractivity contribution >= 4 is 53.3 Å². The second-order valence-electron chi connectivity index (χ2n) is 14.0. The number of aromatic nitrogens is 4. The molecule has 11 rings (SSSR count). The second kappa shape index (κ2) is 13.3. The van der Waals surface area contributed by atoms with Crippen molar-refractivity contribution < 1.29 is 0 Å². The molecule has 8 aromatic carbocycles. The Morgan fingerprint density at radius 3 is 1.39 bits per heavy atom. The van der Waals surface area contributed by atoms with E-state index in [9.17, 15) is 0 Å². The Kier molecular flexibility index (Phi) is 7.64. The molecule has 0 radical (unpaired) electrons. The van der Waals surface area contributed by atoms with E-state index in [2.05, 4.69) is 168 Å². The average Bonchev–Trinajstić information content (AvgIpc) is 3.83. The van der Waals surface area contributed by atoms with Crippen molar-refractivity contribution in [3.05, 3.63) is 194 Å². The van der Waals surface area contributed by atoms with Crippen molar-refractivity contribution in [2.24, 2.45) is 0 Å². The van der Waals surface area contributed by atoms with E-state index in [-0.39, 0.29) is 0 Å². The Hall–Kier alpha value is -7.21. The molecule has 0 aliphatic heterocycles. The molecule has 0 N–H and O–H groups in total. The summed E-state index contributed by atoms with van der Waals surface area (Å²) < 4.78 is 4.78. The Bertz CT molecular complexity index is 3180. The first-order chi connectivity index (χ1) is 27.8. The molecule has 5 heteroatoms. The van der Waals surface area contributed by atoms with E-state index in [0.29, 0.717) is 17.6 Å². The maximum Gasteiger partial charge on any atom is 0.238 e. The molecule has 0 saturated heterocycles. The summed E-state index contributed by atoms with van der Waals surface area (Å²) in [5.41, 5.74) is 11.2. The Morgan fingerprint density at radius 2 is 0.768 bits per heavy atom. The molecule has 3 aromatic heterocycles. The Morgan fingerprint density at radius 1 is 0.321 bits per heavy atom. The summed E-state index contributed by atoms with van der Waals surface area (Å²) in [6.07, 6.45) is 0. The van der Waals surface area contributed by atoms with Crippen LogP contribution in [0.2, 0.25) is 0 Å². The summed E-state index contributed by atoms with van der Waals surface area (Å²) in [6.45, 7) is 0. The largest absolute Gasteiger partial charge is 0.278 e. The van der Waals surface area contributed by atoms with Crippen molar-refractivity contribution in [2.75, 3.05) is 0 Å². The highest BCUT2D eigenvalue weighted by Gasteiger charge is 2.18. The Labute approximate surface area is 327 Å². The fourth-order valence-corrected chi connectivity index (χ4v) is 9.39. The van der Waals surface area contributed by atoms with Crippen molar-refractivity contribution in [3.8, 4) is 62.1 Å². The van der Waals surface area contributed by atoms with E-state index >= 15 is 0 Å². The third-order valence-corrected chi connectivity index (χ3v) is 12.0. The fourth-order valence-electron chi connectivity index (χ4n) is 8.02. The number of fused-ring (bicyclic) bond motifs is 6. The lowest BCUT2D eigenvalue weighted by Crippen LogP contribution is -2.06. The van der Waals surface area contributed by atoms with Crippen LogP contribution in [-0.4, -0.2) is 19.5 Å². The molecular formula is C51H32N4S. The van der Waals surface area contributed by atoms with Gasteiger partial charge in [0.15, 0.2) is 11.6 Å². The standard InChI is InChI=1S/C51H32N4S/c1-3-14-34(15-4-1)39-22-12-24-43-44-25-13-23-40(48(44)56-47(39)43)38-19-11-18-37(32-38)33-28-30-36(31-29-33)50-52-49(35-16-5-2-6-17-35)53-51(54-50)55-45-26-9-7-20-41(45)42-21-8-10-27-46(42)55/h1-32H. The van der Waals surface area contributed by atoms with Gasteiger partial charge in [0, 0.05) is 42.1 Å². The molecule has 4 nitrogen and oxygen atoms in total. The number of hydrogen-bond donors (Lipinski definition) is 0. The molecule has 0 aliphatic carbocycles. The van der Waals surface area contributed by atoms with Crippen molar-refractivity contribution in [1.82, 2.24) is 19.5 Å². The van der Waals surface area contributed by atoms with Crippen LogP contribution in [0.4, 0.5) is 0 Å². The number of nitrogens with zero attached hydrogens (tertiary/aromatic N) is 4. The summed E-state index contributed by atoms with van der Waals surface area (Å²) in [5.74, 6) is 1.85. The van der Waals surface area contributed by atoms with Gasteiger partial charge in [-0.05, 0) is 51.6 Å². The van der Waals surface area contributed by atoms with Gasteiger partial charge in [-0.25, -0.2) is 4.98 Å². The lowest BCUT2D eigenvalue weighted by atomic mass is 9.97. The smallest absolute Gasteiger partial charge is 0.238 e. The number of hydrogen-bond acceptors (Lipinski definition) is 4. The summed E-state index contributed by atoms with van der Waals surface area (Å²) in [6, 6.07) is 68.6. The van der Waals surface area contributed by atoms with Crippen LogP contribution in [0.25, 0.3) is 104 Å². The summed E-state index contributed by atoms with van der Waals surface area (Å²) in [7, 11) is 0. The first-order valence-electron chi connectivity index (χ1n) is 18.8. The maximum atomic E-state index is 5.14. The molecule has 0 atom stereocenters.